The van der Waals surface area contributed by atoms with Gasteiger partial charge in [-0.25, -0.2) is 4.98 Å². The lowest BCUT2D eigenvalue weighted by molar-refractivity contribution is 0.723. The molecule has 0 aliphatic rings. The molecule has 0 amide bonds. The molecule has 0 aliphatic heterocycles. The number of rotatable bonds is 3. The minimum atomic E-state index is 0.667. The molecule has 6 heteroatoms. The molecule has 98 valence electrons. The van der Waals surface area contributed by atoms with Crippen molar-refractivity contribution in [3.05, 3.63) is 41.5 Å². The van der Waals surface area contributed by atoms with Crippen LogP contribution in [-0.2, 0) is 13.6 Å². The Morgan fingerprint density at radius 1 is 1.26 bits per heavy atom. The molecule has 3 rings (SSSR count). The van der Waals surface area contributed by atoms with E-state index in [1.807, 2.05) is 37.7 Å². The van der Waals surface area contributed by atoms with Crippen molar-refractivity contribution in [2.75, 3.05) is 5.32 Å². The summed E-state index contributed by atoms with van der Waals surface area (Å²) < 4.78 is 3.67. The first-order valence-corrected chi connectivity index (χ1v) is 6.18. The highest BCUT2D eigenvalue weighted by Crippen LogP contribution is 2.13. The summed E-state index contributed by atoms with van der Waals surface area (Å²) in [4.78, 5) is 4.41. The topological polar surface area (TPSA) is 60.0 Å². The Hall–Kier alpha value is -2.37. The maximum atomic E-state index is 4.42. The fourth-order valence-electron chi connectivity index (χ4n) is 2.07. The van der Waals surface area contributed by atoms with E-state index in [9.17, 15) is 0 Å². The van der Waals surface area contributed by atoms with E-state index in [-0.39, 0.29) is 0 Å². The molecule has 0 bridgehead atoms. The van der Waals surface area contributed by atoms with Crippen LogP contribution in [0.25, 0.3) is 5.65 Å². The number of nitrogens with zero attached hydrogens (tertiary/aromatic N) is 5. The van der Waals surface area contributed by atoms with Crippen molar-refractivity contribution in [3.63, 3.8) is 0 Å². The first kappa shape index (κ1) is 11.7. The number of anilines is 1. The standard InChI is InChI=1S/C13H16N6/c1-9-6-13(19-12(16-9)4-5-15-19)14-8-11-7-10(2)18(3)17-11/h4-7,14H,8H2,1-3H3. The van der Waals surface area contributed by atoms with E-state index in [0.29, 0.717) is 6.54 Å². The molecular formula is C13H16N6. The van der Waals surface area contributed by atoms with Crippen LogP contribution in [-0.4, -0.2) is 24.4 Å². The van der Waals surface area contributed by atoms with Gasteiger partial charge in [-0.3, -0.25) is 4.68 Å². The molecule has 0 aromatic carbocycles. The van der Waals surface area contributed by atoms with Gasteiger partial charge in [-0.15, -0.1) is 0 Å². The highest BCUT2D eigenvalue weighted by molar-refractivity contribution is 5.48. The molecule has 0 radical (unpaired) electrons. The maximum Gasteiger partial charge on any atom is 0.157 e. The molecule has 3 heterocycles. The molecule has 0 atom stereocenters. The molecule has 3 aromatic rings. The van der Waals surface area contributed by atoms with Crippen molar-refractivity contribution in [1.29, 1.82) is 0 Å². The van der Waals surface area contributed by atoms with Crippen LogP contribution in [0.5, 0.6) is 0 Å². The van der Waals surface area contributed by atoms with Gasteiger partial charge in [0.25, 0.3) is 0 Å². The van der Waals surface area contributed by atoms with Crippen molar-refractivity contribution < 1.29 is 0 Å². The second kappa shape index (κ2) is 4.38. The molecule has 1 N–H and O–H groups in total. The Morgan fingerprint density at radius 2 is 2.11 bits per heavy atom. The Kier molecular flexibility index (Phi) is 2.70. The van der Waals surface area contributed by atoms with E-state index < -0.39 is 0 Å². The molecule has 3 aromatic heterocycles. The van der Waals surface area contributed by atoms with Gasteiger partial charge in [0.2, 0.25) is 0 Å². The average Bonchev–Trinajstić information content (AvgIpc) is 2.94. The van der Waals surface area contributed by atoms with Crippen LogP contribution < -0.4 is 5.32 Å². The van der Waals surface area contributed by atoms with Crippen molar-refractivity contribution in [2.24, 2.45) is 7.05 Å². The van der Waals surface area contributed by atoms with Crippen LogP contribution >= 0.6 is 0 Å². The predicted octanol–water partition coefficient (Wildman–Crippen LogP) is 1.69. The predicted molar refractivity (Wildman–Crippen MR) is 73.0 cm³/mol. The minimum absolute atomic E-state index is 0.667. The summed E-state index contributed by atoms with van der Waals surface area (Å²) in [5.74, 6) is 0.927. The third-order valence-corrected chi connectivity index (χ3v) is 3.10. The lowest BCUT2D eigenvalue weighted by atomic mass is 10.3. The molecule has 0 saturated heterocycles. The number of nitrogens with one attached hydrogen (secondary N) is 1. The molecule has 0 aliphatic carbocycles. The average molecular weight is 256 g/mol. The van der Waals surface area contributed by atoms with E-state index in [0.717, 1.165) is 28.5 Å². The first-order chi connectivity index (χ1) is 9.13. The van der Waals surface area contributed by atoms with Gasteiger partial charge in [0.05, 0.1) is 18.4 Å². The van der Waals surface area contributed by atoms with Crippen LogP contribution in [0.1, 0.15) is 17.1 Å². The normalized spacial score (nSPS) is 11.1. The van der Waals surface area contributed by atoms with Crippen molar-refractivity contribution in [1.82, 2.24) is 24.4 Å². The first-order valence-electron chi connectivity index (χ1n) is 6.18. The SMILES string of the molecule is Cc1cc(NCc2cc(C)n(C)n2)n2nccc2n1. The summed E-state index contributed by atoms with van der Waals surface area (Å²) in [7, 11) is 1.95. The molecule has 0 unspecified atom stereocenters. The monoisotopic (exact) mass is 256 g/mol. The summed E-state index contributed by atoms with van der Waals surface area (Å²) in [5.41, 5.74) is 3.97. The summed E-state index contributed by atoms with van der Waals surface area (Å²) in [6.45, 7) is 4.68. The largest absolute Gasteiger partial charge is 0.364 e. The van der Waals surface area contributed by atoms with E-state index >= 15 is 0 Å². The lowest BCUT2D eigenvalue weighted by Gasteiger charge is -2.07. The van der Waals surface area contributed by atoms with Gasteiger partial charge in [0, 0.05) is 30.6 Å². The molecule has 0 saturated carbocycles. The van der Waals surface area contributed by atoms with Crippen LogP contribution in [0, 0.1) is 13.8 Å². The van der Waals surface area contributed by atoms with Crippen LogP contribution in [0.15, 0.2) is 24.4 Å². The number of fused-ring (bicyclic) bond motifs is 1. The molecular weight excluding hydrogens is 240 g/mol. The third kappa shape index (κ3) is 2.16. The Balaban J connectivity index is 1.87. The van der Waals surface area contributed by atoms with E-state index in [2.05, 4.69) is 26.6 Å². The van der Waals surface area contributed by atoms with Crippen LogP contribution in [0.4, 0.5) is 5.82 Å². The summed E-state index contributed by atoms with van der Waals surface area (Å²) in [6, 6.07) is 5.94. The Bertz CT molecular complexity index is 704. The van der Waals surface area contributed by atoms with E-state index in [1.54, 1.807) is 10.7 Å². The van der Waals surface area contributed by atoms with Crippen molar-refractivity contribution >= 4 is 11.5 Å². The maximum absolute atomic E-state index is 4.42. The minimum Gasteiger partial charge on any atom is -0.364 e. The van der Waals surface area contributed by atoms with Crippen LogP contribution in [0.2, 0.25) is 0 Å². The number of aromatic nitrogens is 5. The second-order valence-electron chi connectivity index (χ2n) is 4.64. The molecule has 0 spiro atoms. The zero-order valence-corrected chi connectivity index (χ0v) is 11.3. The molecule has 0 fully saturated rings. The number of aryl methyl sites for hydroxylation is 3. The van der Waals surface area contributed by atoms with Gasteiger partial charge in [0.1, 0.15) is 5.82 Å². The zero-order valence-electron chi connectivity index (χ0n) is 11.3. The Morgan fingerprint density at radius 3 is 2.84 bits per heavy atom. The quantitative estimate of drug-likeness (QED) is 0.774. The van der Waals surface area contributed by atoms with Gasteiger partial charge in [-0.1, -0.05) is 0 Å². The Labute approximate surface area is 111 Å². The lowest BCUT2D eigenvalue weighted by Crippen LogP contribution is -2.07. The van der Waals surface area contributed by atoms with Gasteiger partial charge < -0.3 is 5.32 Å². The smallest absolute Gasteiger partial charge is 0.157 e. The van der Waals surface area contributed by atoms with Gasteiger partial charge in [-0.05, 0) is 19.9 Å². The fourth-order valence-corrected chi connectivity index (χ4v) is 2.07. The van der Waals surface area contributed by atoms with Gasteiger partial charge in [-0.2, -0.15) is 14.7 Å². The van der Waals surface area contributed by atoms with Crippen molar-refractivity contribution in [2.45, 2.75) is 20.4 Å². The second-order valence-corrected chi connectivity index (χ2v) is 4.64. The highest BCUT2D eigenvalue weighted by atomic mass is 15.3. The fraction of sp³-hybridized carbons (Fsp3) is 0.308. The van der Waals surface area contributed by atoms with Crippen LogP contribution in [0.3, 0.4) is 0 Å². The van der Waals surface area contributed by atoms with Gasteiger partial charge in [0.15, 0.2) is 5.65 Å². The van der Waals surface area contributed by atoms with E-state index in [1.165, 1.54) is 0 Å². The van der Waals surface area contributed by atoms with E-state index in [4.69, 9.17) is 0 Å². The molecule has 6 nitrogen and oxygen atoms in total. The molecule has 19 heavy (non-hydrogen) atoms. The summed E-state index contributed by atoms with van der Waals surface area (Å²) in [6.07, 6.45) is 1.75. The number of hydrogen-bond acceptors (Lipinski definition) is 4. The zero-order chi connectivity index (χ0) is 13.4. The third-order valence-electron chi connectivity index (χ3n) is 3.10. The van der Waals surface area contributed by atoms with Gasteiger partial charge >= 0.3 is 0 Å². The highest BCUT2D eigenvalue weighted by Gasteiger charge is 2.06. The number of hydrogen-bond donors (Lipinski definition) is 1. The summed E-state index contributed by atoms with van der Waals surface area (Å²) >= 11 is 0. The summed E-state index contributed by atoms with van der Waals surface area (Å²) in [5, 5.41) is 12.0. The van der Waals surface area contributed by atoms with Crippen molar-refractivity contribution in [3.8, 4) is 0 Å².